The molecule has 0 aliphatic carbocycles. The first kappa shape index (κ1) is 19.4. The average molecular weight is 359 g/mol. The molecule has 4 nitrogen and oxygen atoms in total. The van der Waals surface area contributed by atoms with Crippen molar-refractivity contribution >= 4 is 10.2 Å². The molecule has 0 saturated carbocycles. The van der Waals surface area contributed by atoms with Crippen LogP contribution in [0.15, 0.2) is 73.3 Å². The molecule has 134 valence electrons. The van der Waals surface area contributed by atoms with Gasteiger partial charge in [-0.05, 0) is 31.4 Å². The second kappa shape index (κ2) is 8.43. The highest BCUT2D eigenvalue weighted by molar-refractivity contribution is 7.87. The summed E-state index contributed by atoms with van der Waals surface area (Å²) in [4.78, 5) is 0. The Morgan fingerprint density at radius 2 is 1.52 bits per heavy atom. The number of nitrogens with zero attached hydrogens (tertiary/aromatic N) is 1. The number of nitrogens with one attached hydrogen (secondary N) is 1. The van der Waals surface area contributed by atoms with Crippen molar-refractivity contribution in [2.75, 3.05) is 0 Å². The van der Waals surface area contributed by atoms with E-state index in [0.717, 1.165) is 11.1 Å². The lowest BCUT2D eigenvalue weighted by molar-refractivity contribution is 0.219. The maximum Gasteiger partial charge on any atom is 0.280 e. The summed E-state index contributed by atoms with van der Waals surface area (Å²) in [5.41, 5.74) is 1.29. The molecule has 0 unspecified atom stereocenters. The summed E-state index contributed by atoms with van der Waals surface area (Å²) in [7, 11) is -3.66. The first-order valence-corrected chi connectivity index (χ1v) is 9.75. The smallest absolute Gasteiger partial charge is 0.198 e. The third-order valence-corrected chi connectivity index (χ3v) is 5.79. The largest absolute Gasteiger partial charge is 0.280 e. The Bertz CT molecular complexity index is 772. The number of hydrogen-bond donors (Lipinski definition) is 1. The van der Waals surface area contributed by atoms with Crippen LogP contribution >= 0.6 is 0 Å². The van der Waals surface area contributed by atoms with E-state index in [1.807, 2.05) is 74.5 Å². The molecule has 0 amide bonds. The molecule has 25 heavy (non-hydrogen) atoms. The van der Waals surface area contributed by atoms with Crippen LogP contribution in [0.25, 0.3) is 0 Å². The third kappa shape index (κ3) is 5.53. The van der Waals surface area contributed by atoms with Gasteiger partial charge in [-0.25, -0.2) is 0 Å². The second-order valence-electron chi connectivity index (χ2n) is 6.61. The zero-order valence-electron chi connectivity index (χ0n) is 14.9. The minimum atomic E-state index is -3.66. The Kier molecular flexibility index (Phi) is 6.53. The zero-order chi connectivity index (χ0) is 18.3. The van der Waals surface area contributed by atoms with Gasteiger partial charge in [-0.15, -0.1) is 6.58 Å². The number of hydrogen-bond acceptors (Lipinski definition) is 2. The van der Waals surface area contributed by atoms with Gasteiger partial charge in [0.2, 0.25) is 0 Å². The summed E-state index contributed by atoms with van der Waals surface area (Å²) in [5, 5.41) is 0. The molecule has 2 rings (SSSR count). The maximum absolute atomic E-state index is 13.0. The van der Waals surface area contributed by atoms with Gasteiger partial charge in [0.25, 0.3) is 10.2 Å². The van der Waals surface area contributed by atoms with E-state index < -0.39 is 15.7 Å². The lowest BCUT2D eigenvalue weighted by atomic mass is 10.0. The monoisotopic (exact) mass is 358 g/mol. The average Bonchev–Trinajstić information content (AvgIpc) is 2.59. The molecule has 0 aliphatic heterocycles. The van der Waals surface area contributed by atoms with Gasteiger partial charge in [0.05, 0.1) is 0 Å². The zero-order valence-corrected chi connectivity index (χ0v) is 15.7. The summed E-state index contributed by atoms with van der Waals surface area (Å²) in [6.07, 6.45) is 2.32. The van der Waals surface area contributed by atoms with E-state index in [4.69, 9.17) is 0 Å². The minimum absolute atomic E-state index is 0.263. The summed E-state index contributed by atoms with van der Waals surface area (Å²) >= 11 is 0. The molecule has 0 spiro atoms. The molecule has 1 N–H and O–H groups in total. The minimum Gasteiger partial charge on any atom is -0.198 e. The van der Waals surface area contributed by atoms with Crippen LogP contribution in [0.1, 0.15) is 31.4 Å². The van der Waals surface area contributed by atoms with Crippen LogP contribution in [0.4, 0.5) is 0 Å². The molecule has 0 saturated heterocycles. The molecule has 2 aromatic rings. The Hall–Kier alpha value is -1.95. The molecular weight excluding hydrogens is 332 g/mol. The fourth-order valence-electron chi connectivity index (χ4n) is 2.68. The van der Waals surface area contributed by atoms with Crippen molar-refractivity contribution in [3.8, 4) is 0 Å². The van der Waals surface area contributed by atoms with Crippen molar-refractivity contribution in [1.29, 1.82) is 0 Å². The molecule has 0 radical (unpaired) electrons. The van der Waals surface area contributed by atoms with Gasteiger partial charge < -0.3 is 0 Å². The van der Waals surface area contributed by atoms with Crippen molar-refractivity contribution < 1.29 is 8.42 Å². The van der Waals surface area contributed by atoms with Gasteiger partial charge in [-0.3, -0.25) is 0 Å². The van der Waals surface area contributed by atoms with Crippen LogP contribution in [-0.2, 0) is 23.3 Å². The summed E-state index contributed by atoms with van der Waals surface area (Å²) < 4.78 is 30.3. The Labute approximate surface area is 151 Å². The van der Waals surface area contributed by atoms with Gasteiger partial charge in [0, 0.05) is 18.6 Å². The SMILES string of the molecule is C=CCC(C)(C)N(Cc1ccccc1)S(=O)(=O)NCc1ccccc1. The maximum atomic E-state index is 13.0. The van der Waals surface area contributed by atoms with E-state index >= 15 is 0 Å². The molecule has 5 heteroatoms. The Balaban J connectivity index is 2.24. The van der Waals surface area contributed by atoms with E-state index in [-0.39, 0.29) is 6.54 Å². The lowest BCUT2D eigenvalue weighted by Gasteiger charge is -2.37. The Morgan fingerprint density at radius 3 is 2.04 bits per heavy atom. The fourth-order valence-corrected chi connectivity index (χ4v) is 4.23. The quantitative estimate of drug-likeness (QED) is 0.692. The molecule has 0 fully saturated rings. The van der Waals surface area contributed by atoms with Crippen LogP contribution < -0.4 is 4.72 Å². The van der Waals surface area contributed by atoms with E-state index in [0.29, 0.717) is 13.0 Å². The molecule has 2 aromatic carbocycles. The van der Waals surface area contributed by atoms with Crippen LogP contribution in [0, 0.1) is 0 Å². The fraction of sp³-hybridized carbons (Fsp3) is 0.300. The Morgan fingerprint density at radius 1 is 1.00 bits per heavy atom. The van der Waals surface area contributed by atoms with Crippen LogP contribution in [0.5, 0.6) is 0 Å². The van der Waals surface area contributed by atoms with Gasteiger partial charge in [0.1, 0.15) is 0 Å². The van der Waals surface area contributed by atoms with Gasteiger partial charge in [0.15, 0.2) is 0 Å². The first-order chi connectivity index (χ1) is 11.8. The van der Waals surface area contributed by atoms with Crippen molar-refractivity contribution in [3.05, 3.63) is 84.4 Å². The molecule has 0 aliphatic rings. The highest BCUT2D eigenvalue weighted by atomic mass is 32.2. The van der Waals surface area contributed by atoms with Crippen LogP contribution in [-0.4, -0.2) is 18.3 Å². The van der Waals surface area contributed by atoms with Gasteiger partial charge in [-0.2, -0.15) is 17.4 Å². The van der Waals surface area contributed by atoms with Crippen molar-refractivity contribution in [3.63, 3.8) is 0 Å². The number of rotatable bonds is 9. The molecule has 0 atom stereocenters. The predicted molar refractivity (Wildman–Crippen MR) is 103 cm³/mol. The highest BCUT2D eigenvalue weighted by Crippen LogP contribution is 2.25. The van der Waals surface area contributed by atoms with Crippen LogP contribution in [0.3, 0.4) is 0 Å². The third-order valence-electron chi connectivity index (χ3n) is 4.08. The van der Waals surface area contributed by atoms with E-state index in [1.165, 1.54) is 4.31 Å². The standard InChI is InChI=1S/C20H26N2O2S/c1-4-15-20(2,3)22(17-19-13-9-6-10-14-19)25(23,24)21-16-18-11-7-5-8-12-18/h4-14,21H,1,15-17H2,2-3H3. The highest BCUT2D eigenvalue weighted by Gasteiger charge is 2.35. The normalized spacial score (nSPS) is 12.3. The van der Waals surface area contributed by atoms with Crippen molar-refractivity contribution in [1.82, 2.24) is 9.03 Å². The summed E-state index contributed by atoms with van der Waals surface area (Å²) in [6.45, 7) is 8.17. The van der Waals surface area contributed by atoms with E-state index in [9.17, 15) is 8.42 Å². The molecule has 0 aromatic heterocycles. The van der Waals surface area contributed by atoms with E-state index in [1.54, 1.807) is 6.08 Å². The summed E-state index contributed by atoms with van der Waals surface area (Å²) in [6, 6.07) is 19.1. The topological polar surface area (TPSA) is 49.4 Å². The van der Waals surface area contributed by atoms with Gasteiger partial charge >= 0.3 is 0 Å². The second-order valence-corrected chi connectivity index (χ2v) is 8.29. The molecule has 0 heterocycles. The first-order valence-electron chi connectivity index (χ1n) is 8.31. The predicted octanol–water partition coefficient (Wildman–Crippen LogP) is 3.88. The number of benzene rings is 2. The van der Waals surface area contributed by atoms with Crippen molar-refractivity contribution in [2.45, 2.75) is 38.9 Å². The van der Waals surface area contributed by atoms with Crippen LogP contribution in [0.2, 0.25) is 0 Å². The van der Waals surface area contributed by atoms with Gasteiger partial charge in [-0.1, -0.05) is 66.7 Å². The molecular formula is C20H26N2O2S. The summed E-state index contributed by atoms with van der Waals surface area (Å²) in [5.74, 6) is 0. The van der Waals surface area contributed by atoms with Crippen molar-refractivity contribution in [2.24, 2.45) is 0 Å². The molecule has 0 bridgehead atoms. The lowest BCUT2D eigenvalue weighted by Crippen LogP contribution is -2.51. The van der Waals surface area contributed by atoms with E-state index in [2.05, 4.69) is 11.3 Å².